The number of benzene rings is 2. The molecule has 0 aromatic heterocycles. The third-order valence-corrected chi connectivity index (χ3v) is 5.64. The predicted molar refractivity (Wildman–Crippen MR) is 111 cm³/mol. The molecule has 5 atom stereocenters. The van der Waals surface area contributed by atoms with Gasteiger partial charge in [0.25, 0.3) is 0 Å². The van der Waals surface area contributed by atoms with E-state index in [0.717, 1.165) is 6.07 Å². The highest BCUT2D eigenvalue weighted by Gasteiger charge is 2.46. The molecule has 0 radical (unpaired) electrons. The number of aliphatic hydroxyl groups is 4. The van der Waals surface area contributed by atoms with Gasteiger partial charge in [0.05, 0.1) is 19.3 Å². The van der Waals surface area contributed by atoms with E-state index in [0.29, 0.717) is 5.56 Å². The van der Waals surface area contributed by atoms with Crippen molar-refractivity contribution in [3.05, 3.63) is 41.0 Å². The van der Waals surface area contributed by atoms with Crippen LogP contribution in [0.15, 0.2) is 24.3 Å². The van der Waals surface area contributed by atoms with Gasteiger partial charge >= 0.3 is 0 Å². The Kier molecular flexibility index (Phi) is 7.30. The van der Waals surface area contributed by atoms with E-state index in [-0.39, 0.29) is 24.3 Å². The van der Waals surface area contributed by atoms with Gasteiger partial charge in [-0.15, -0.1) is 0 Å². The van der Waals surface area contributed by atoms with Crippen LogP contribution in [0.5, 0.6) is 28.7 Å². The molecule has 11 heteroatoms. The SMILES string of the molecule is COc1cc(CCC(=O)c2c(O)cc(O)c(C3OC(CO)C(O)C(O)C3O)c2O)ccc1O. The van der Waals surface area contributed by atoms with Crippen LogP contribution in [0, 0.1) is 0 Å². The Labute approximate surface area is 188 Å². The van der Waals surface area contributed by atoms with Gasteiger partial charge in [0.15, 0.2) is 17.3 Å². The maximum atomic E-state index is 12.8. The van der Waals surface area contributed by atoms with Crippen LogP contribution in [0.3, 0.4) is 0 Å². The fourth-order valence-electron chi connectivity index (χ4n) is 3.81. The first kappa shape index (κ1) is 24.6. The topological polar surface area (TPSA) is 197 Å². The Morgan fingerprint density at radius 1 is 0.970 bits per heavy atom. The second-order valence-corrected chi connectivity index (χ2v) is 7.73. The number of rotatable bonds is 7. The molecule has 8 N–H and O–H groups in total. The Morgan fingerprint density at radius 3 is 2.30 bits per heavy atom. The Hall–Kier alpha value is -3.09. The molecule has 11 nitrogen and oxygen atoms in total. The lowest BCUT2D eigenvalue weighted by Gasteiger charge is -2.40. The van der Waals surface area contributed by atoms with E-state index in [1.165, 1.54) is 19.2 Å². The fraction of sp³-hybridized carbons (Fsp3) is 0.409. The third-order valence-electron chi connectivity index (χ3n) is 5.64. The summed E-state index contributed by atoms with van der Waals surface area (Å²) in [4.78, 5) is 12.8. The number of ether oxygens (including phenoxy) is 2. The number of aromatic hydroxyl groups is 4. The molecule has 0 spiro atoms. The molecule has 1 heterocycles. The molecule has 1 aliphatic heterocycles. The number of carbonyl (C=O) groups is 1. The maximum absolute atomic E-state index is 12.8. The van der Waals surface area contributed by atoms with Gasteiger partial charge in [-0.1, -0.05) is 6.07 Å². The molecule has 5 unspecified atom stereocenters. The van der Waals surface area contributed by atoms with Crippen molar-refractivity contribution < 1.29 is 55.1 Å². The van der Waals surface area contributed by atoms with Gasteiger partial charge in [-0.05, 0) is 24.1 Å². The van der Waals surface area contributed by atoms with E-state index >= 15 is 0 Å². The Balaban J connectivity index is 1.91. The molecule has 0 bridgehead atoms. The van der Waals surface area contributed by atoms with Crippen molar-refractivity contribution >= 4 is 5.78 Å². The van der Waals surface area contributed by atoms with Crippen LogP contribution in [-0.4, -0.2) is 84.8 Å². The van der Waals surface area contributed by atoms with Crippen molar-refractivity contribution in [3.8, 4) is 28.7 Å². The van der Waals surface area contributed by atoms with E-state index < -0.39 is 71.3 Å². The molecular formula is C22H26O11. The molecule has 2 aromatic carbocycles. The molecule has 180 valence electrons. The fourth-order valence-corrected chi connectivity index (χ4v) is 3.81. The number of aryl methyl sites for hydroxylation is 1. The van der Waals surface area contributed by atoms with Gasteiger partial charge in [0.1, 0.15) is 53.3 Å². The lowest BCUT2D eigenvalue weighted by molar-refractivity contribution is -0.232. The number of methoxy groups -OCH3 is 1. The average Bonchev–Trinajstić information content (AvgIpc) is 2.78. The zero-order valence-corrected chi connectivity index (χ0v) is 17.6. The lowest BCUT2D eigenvalue weighted by atomic mass is 9.88. The monoisotopic (exact) mass is 466 g/mol. The minimum atomic E-state index is -1.82. The number of carbonyl (C=O) groups excluding carboxylic acids is 1. The highest BCUT2D eigenvalue weighted by molar-refractivity contribution is 6.02. The summed E-state index contributed by atoms with van der Waals surface area (Å²) in [5.41, 5.74) is -0.394. The first-order chi connectivity index (χ1) is 15.6. The number of phenolic OH excluding ortho intramolecular Hbond substituents is 4. The summed E-state index contributed by atoms with van der Waals surface area (Å²) in [5, 5.41) is 80.6. The maximum Gasteiger partial charge on any atom is 0.170 e. The molecule has 33 heavy (non-hydrogen) atoms. The number of ketones is 1. The van der Waals surface area contributed by atoms with Crippen LogP contribution in [0.2, 0.25) is 0 Å². The summed E-state index contributed by atoms with van der Waals surface area (Å²) < 4.78 is 10.4. The summed E-state index contributed by atoms with van der Waals surface area (Å²) in [7, 11) is 1.37. The molecule has 1 fully saturated rings. The number of aliphatic hydroxyl groups excluding tert-OH is 4. The molecule has 0 aliphatic carbocycles. The molecule has 3 rings (SSSR count). The molecule has 0 amide bonds. The highest BCUT2D eigenvalue weighted by Crippen LogP contribution is 2.46. The van der Waals surface area contributed by atoms with E-state index in [1.807, 2.05) is 0 Å². The zero-order valence-electron chi connectivity index (χ0n) is 17.6. The smallest absolute Gasteiger partial charge is 0.170 e. The molecule has 1 saturated heterocycles. The summed E-state index contributed by atoms with van der Waals surface area (Å²) in [6, 6.07) is 5.28. The van der Waals surface area contributed by atoms with E-state index in [4.69, 9.17) is 9.47 Å². The molecule has 1 aliphatic rings. The first-order valence-corrected chi connectivity index (χ1v) is 10.1. The van der Waals surface area contributed by atoms with Crippen molar-refractivity contribution in [3.63, 3.8) is 0 Å². The average molecular weight is 466 g/mol. The predicted octanol–water partition coefficient (Wildman–Crippen LogP) is -0.152. The highest BCUT2D eigenvalue weighted by atomic mass is 16.5. The summed E-state index contributed by atoms with van der Waals surface area (Å²) in [5.74, 6) is -2.89. The summed E-state index contributed by atoms with van der Waals surface area (Å²) in [6.45, 7) is -0.733. The lowest BCUT2D eigenvalue weighted by Crippen LogP contribution is -2.55. The zero-order chi connectivity index (χ0) is 24.4. The standard InChI is InChI=1S/C22H26O11/c1-32-14-6-9(2-4-10(14)24)3-5-11(25)16-12(26)7-13(27)17(19(16)29)22-21(31)20(30)18(28)15(8-23)33-22/h2,4,6-7,15,18,20-24,26-31H,3,5,8H2,1H3. The van der Waals surface area contributed by atoms with Crippen molar-refractivity contribution in [1.82, 2.24) is 0 Å². The van der Waals surface area contributed by atoms with E-state index in [9.17, 15) is 45.6 Å². The van der Waals surface area contributed by atoms with Gasteiger partial charge in [-0.2, -0.15) is 0 Å². The van der Waals surface area contributed by atoms with E-state index in [2.05, 4.69) is 0 Å². The van der Waals surface area contributed by atoms with Crippen LogP contribution in [0.4, 0.5) is 0 Å². The van der Waals surface area contributed by atoms with Crippen LogP contribution in [0.25, 0.3) is 0 Å². The minimum absolute atomic E-state index is 0.0782. The third kappa shape index (κ3) is 4.68. The van der Waals surface area contributed by atoms with E-state index in [1.54, 1.807) is 6.07 Å². The Morgan fingerprint density at radius 2 is 1.67 bits per heavy atom. The van der Waals surface area contributed by atoms with Crippen molar-refractivity contribution in [2.75, 3.05) is 13.7 Å². The summed E-state index contributed by atoms with van der Waals surface area (Å²) in [6.07, 6.45) is -8.23. The van der Waals surface area contributed by atoms with Gasteiger partial charge in [-0.3, -0.25) is 4.79 Å². The largest absolute Gasteiger partial charge is 0.507 e. The number of phenols is 4. The van der Waals surface area contributed by atoms with Gasteiger partial charge in [-0.25, -0.2) is 0 Å². The Bertz CT molecular complexity index is 1020. The van der Waals surface area contributed by atoms with Gasteiger partial charge < -0.3 is 50.3 Å². The second-order valence-electron chi connectivity index (χ2n) is 7.73. The number of hydrogen-bond acceptors (Lipinski definition) is 11. The van der Waals surface area contributed by atoms with Gasteiger partial charge in [0, 0.05) is 12.5 Å². The van der Waals surface area contributed by atoms with Gasteiger partial charge in [0.2, 0.25) is 0 Å². The molecule has 0 saturated carbocycles. The number of Topliss-reactive ketones (excluding diaryl/α,β-unsaturated/α-hetero) is 1. The normalized spacial score (nSPS) is 25.1. The van der Waals surface area contributed by atoms with Crippen LogP contribution in [0.1, 0.15) is 34.0 Å². The minimum Gasteiger partial charge on any atom is -0.507 e. The first-order valence-electron chi connectivity index (χ1n) is 10.1. The van der Waals surface area contributed by atoms with Crippen LogP contribution in [-0.2, 0) is 11.2 Å². The summed E-state index contributed by atoms with van der Waals surface area (Å²) >= 11 is 0. The van der Waals surface area contributed by atoms with Crippen molar-refractivity contribution in [1.29, 1.82) is 0 Å². The quantitative estimate of drug-likeness (QED) is 0.253. The number of hydrogen-bond donors (Lipinski definition) is 8. The second kappa shape index (κ2) is 9.81. The van der Waals surface area contributed by atoms with Crippen molar-refractivity contribution in [2.24, 2.45) is 0 Å². The molecule has 2 aromatic rings. The van der Waals surface area contributed by atoms with Crippen molar-refractivity contribution in [2.45, 2.75) is 43.4 Å². The molecular weight excluding hydrogens is 440 g/mol. The van der Waals surface area contributed by atoms with Crippen LogP contribution < -0.4 is 4.74 Å². The van der Waals surface area contributed by atoms with Crippen LogP contribution >= 0.6 is 0 Å².